The van der Waals surface area contributed by atoms with Crippen molar-refractivity contribution in [3.8, 4) is 0 Å². The molecule has 1 heterocycles. The fraction of sp³-hybridized carbons (Fsp3) is 1.00. The second-order valence-corrected chi connectivity index (χ2v) is 6.15. The SMILES string of the molecule is CC1CCC(CO)(NCC2CCC(C)O2)CC1. The Balaban J connectivity index is 1.79. The van der Waals surface area contributed by atoms with E-state index in [2.05, 4.69) is 19.2 Å². The molecule has 1 saturated heterocycles. The highest BCUT2D eigenvalue weighted by Gasteiger charge is 2.34. The topological polar surface area (TPSA) is 41.5 Å². The number of hydrogen-bond acceptors (Lipinski definition) is 3. The van der Waals surface area contributed by atoms with Gasteiger partial charge in [0.25, 0.3) is 0 Å². The lowest BCUT2D eigenvalue weighted by Gasteiger charge is -2.39. The van der Waals surface area contributed by atoms with Crippen LogP contribution in [0, 0.1) is 5.92 Å². The monoisotopic (exact) mass is 241 g/mol. The summed E-state index contributed by atoms with van der Waals surface area (Å²) in [6, 6.07) is 0. The highest BCUT2D eigenvalue weighted by Crippen LogP contribution is 2.32. The van der Waals surface area contributed by atoms with E-state index in [1.807, 2.05) is 0 Å². The zero-order valence-corrected chi connectivity index (χ0v) is 11.2. The van der Waals surface area contributed by atoms with Crippen molar-refractivity contribution in [2.75, 3.05) is 13.2 Å². The van der Waals surface area contributed by atoms with Crippen LogP contribution in [0.25, 0.3) is 0 Å². The van der Waals surface area contributed by atoms with Crippen LogP contribution in [0.2, 0.25) is 0 Å². The maximum absolute atomic E-state index is 9.65. The van der Waals surface area contributed by atoms with Gasteiger partial charge in [0, 0.05) is 12.1 Å². The summed E-state index contributed by atoms with van der Waals surface area (Å²) in [5, 5.41) is 13.2. The molecule has 3 nitrogen and oxygen atoms in total. The Hall–Kier alpha value is -0.120. The van der Waals surface area contributed by atoms with E-state index in [9.17, 15) is 5.11 Å². The molecule has 2 unspecified atom stereocenters. The van der Waals surface area contributed by atoms with Gasteiger partial charge in [0.1, 0.15) is 0 Å². The van der Waals surface area contributed by atoms with Crippen molar-refractivity contribution in [1.29, 1.82) is 0 Å². The molecule has 0 aromatic heterocycles. The van der Waals surface area contributed by atoms with Crippen LogP contribution < -0.4 is 5.32 Å². The fourth-order valence-electron chi connectivity index (χ4n) is 3.07. The van der Waals surface area contributed by atoms with Crippen LogP contribution >= 0.6 is 0 Å². The quantitative estimate of drug-likeness (QED) is 0.792. The van der Waals surface area contributed by atoms with Gasteiger partial charge in [-0.15, -0.1) is 0 Å². The van der Waals surface area contributed by atoms with Gasteiger partial charge < -0.3 is 15.2 Å². The van der Waals surface area contributed by atoms with Gasteiger partial charge >= 0.3 is 0 Å². The van der Waals surface area contributed by atoms with Crippen LogP contribution in [0.3, 0.4) is 0 Å². The summed E-state index contributed by atoms with van der Waals surface area (Å²) in [6.07, 6.45) is 7.78. The van der Waals surface area contributed by atoms with Crippen molar-refractivity contribution in [2.45, 2.75) is 70.1 Å². The minimum Gasteiger partial charge on any atom is -0.394 e. The summed E-state index contributed by atoms with van der Waals surface area (Å²) < 4.78 is 5.82. The van der Waals surface area contributed by atoms with Crippen molar-refractivity contribution in [1.82, 2.24) is 5.32 Å². The lowest BCUT2D eigenvalue weighted by Crippen LogP contribution is -2.52. The number of rotatable bonds is 4. The molecule has 0 aromatic rings. The summed E-state index contributed by atoms with van der Waals surface area (Å²) >= 11 is 0. The highest BCUT2D eigenvalue weighted by molar-refractivity contribution is 4.92. The van der Waals surface area contributed by atoms with E-state index in [1.165, 1.54) is 19.3 Å². The molecule has 1 saturated carbocycles. The summed E-state index contributed by atoms with van der Waals surface area (Å²) in [6.45, 7) is 5.62. The third-order valence-corrected chi connectivity index (χ3v) is 4.56. The third kappa shape index (κ3) is 3.43. The molecule has 100 valence electrons. The predicted molar refractivity (Wildman–Crippen MR) is 69.0 cm³/mol. The van der Waals surface area contributed by atoms with Crippen LogP contribution in [-0.4, -0.2) is 36.0 Å². The Kier molecular flexibility index (Phi) is 4.45. The van der Waals surface area contributed by atoms with E-state index in [1.54, 1.807) is 0 Å². The number of nitrogens with one attached hydrogen (secondary N) is 1. The minimum absolute atomic E-state index is 0.0261. The fourth-order valence-corrected chi connectivity index (χ4v) is 3.07. The normalized spacial score (nSPS) is 42.9. The first-order valence-corrected chi connectivity index (χ1v) is 7.15. The molecular formula is C14H27NO2. The van der Waals surface area contributed by atoms with Crippen LogP contribution in [-0.2, 0) is 4.74 Å². The zero-order chi connectivity index (χ0) is 12.3. The van der Waals surface area contributed by atoms with Gasteiger partial charge in [-0.2, -0.15) is 0 Å². The van der Waals surface area contributed by atoms with Gasteiger partial charge in [0.2, 0.25) is 0 Å². The maximum Gasteiger partial charge on any atom is 0.0704 e. The lowest BCUT2D eigenvalue weighted by atomic mass is 9.77. The summed E-state index contributed by atoms with van der Waals surface area (Å²) in [4.78, 5) is 0. The van der Waals surface area contributed by atoms with Gasteiger partial charge in [-0.1, -0.05) is 6.92 Å². The molecule has 3 heteroatoms. The molecule has 0 amide bonds. The van der Waals surface area contributed by atoms with E-state index < -0.39 is 0 Å². The molecule has 2 aliphatic rings. The van der Waals surface area contributed by atoms with Gasteiger partial charge in [0.15, 0.2) is 0 Å². The molecule has 2 rings (SSSR count). The standard InChI is InChI=1S/C14H27NO2/c1-11-5-7-14(10-16,8-6-11)15-9-13-4-3-12(2)17-13/h11-13,15-16H,3-10H2,1-2H3. The molecular weight excluding hydrogens is 214 g/mol. The third-order valence-electron chi connectivity index (χ3n) is 4.56. The van der Waals surface area contributed by atoms with Gasteiger partial charge in [-0.05, 0) is 51.4 Å². The van der Waals surface area contributed by atoms with Crippen LogP contribution in [0.15, 0.2) is 0 Å². The van der Waals surface area contributed by atoms with Crippen molar-refractivity contribution in [3.05, 3.63) is 0 Å². The average molecular weight is 241 g/mol. The summed E-state index contributed by atoms with van der Waals surface area (Å²) in [5.74, 6) is 0.819. The molecule has 17 heavy (non-hydrogen) atoms. The number of ether oxygens (including phenoxy) is 1. The molecule has 2 N–H and O–H groups in total. The predicted octanol–water partition coefficient (Wildman–Crippen LogP) is 2.08. The highest BCUT2D eigenvalue weighted by atomic mass is 16.5. The lowest BCUT2D eigenvalue weighted by molar-refractivity contribution is 0.0375. The van der Waals surface area contributed by atoms with E-state index >= 15 is 0 Å². The van der Waals surface area contributed by atoms with E-state index in [0.717, 1.165) is 31.7 Å². The second kappa shape index (κ2) is 5.68. The summed E-state index contributed by atoms with van der Waals surface area (Å²) in [5.41, 5.74) is -0.0261. The molecule has 0 bridgehead atoms. The number of hydrogen-bond donors (Lipinski definition) is 2. The largest absolute Gasteiger partial charge is 0.394 e. The smallest absolute Gasteiger partial charge is 0.0704 e. The summed E-state index contributed by atoms with van der Waals surface area (Å²) in [7, 11) is 0. The Morgan fingerprint density at radius 2 is 1.88 bits per heavy atom. The molecule has 0 spiro atoms. The van der Waals surface area contributed by atoms with Crippen LogP contribution in [0.1, 0.15) is 52.4 Å². The number of aliphatic hydroxyl groups is 1. The Morgan fingerprint density at radius 3 is 2.41 bits per heavy atom. The number of aliphatic hydroxyl groups excluding tert-OH is 1. The van der Waals surface area contributed by atoms with Gasteiger partial charge in [0.05, 0.1) is 18.8 Å². The second-order valence-electron chi connectivity index (χ2n) is 6.15. The van der Waals surface area contributed by atoms with Crippen LogP contribution in [0.4, 0.5) is 0 Å². The first-order valence-electron chi connectivity index (χ1n) is 7.15. The Labute approximate surface area is 105 Å². The van der Waals surface area contributed by atoms with Gasteiger partial charge in [-0.3, -0.25) is 0 Å². The zero-order valence-electron chi connectivity index (χ0n) is 11.2. The van der Waals surface area contributed by atoms with Crippen molar-refractivity contribution in [2.24, 2.45) is 5.92 Å². The molecule has 2 atom stereocenters. The Morgan fingerprint density at radius 1 is 1.18 bits per heavy atom. The average Bonchev–Trinajstić information content (AvgIpc) is 2.75. The van der Waals surface area contributed by atoms with E-state index in [4.69, 9.17) is 4.74 Å². The Bertz CT molecular complexity index is 236. The molecule has 0 radical (unpaired) electrons. The van der Waals surface area contributed by atoms with Crippen molar-refractivity contribution >= 4 is 0 Å². The van der Waals surface area contributed by atoms with Crippen molar-refractivity contribution in [3.63, 3.8) is 0 Å². The molecule has 1 aliphatic heterocycles. The maximum atomic E-state index is 9.65. The van der Waals surface area contributed by atoms with E-state index in [0.29, 0.717) is 12.2 Å². The van der Waals surface area contributed by atoms with Gasteiger partial charge in [-0.25, -0.2) is 0 Å². The first-order chi connectivity index (χ1) is 8.13. The molecule has 2 fully saturated rings. The van der Waals surface area contributed by atoms with Crippen LogP contribution in [0.5, 0.6) is 0 Å². The van der Waals surface area contributed by atoms with Crippen molar-refractivity contribution < 1.29 is 9.84 Å². The molecule has 1 aliphatic carbocycles. The first kappa shape index (κ1) is 13.3. The molecule has 0 aromatic carbocycles. The van der Waals surface area contributed by atoms with E-state index in [-0.39, 0.29) is 12.1 Å². The minimum atomic E-state index is -0.0261.